The van der Waals surface area contributed by atoms with Crippen LogP contribution in [0, 0.1) is 11.3 Å². The van der Waals surface area contributed by atoms with Gasteiger partial charge in [0.25, 0.3) is 0 Å². The van der Waals surface area contributed by atoms with Gasteiger partial charge < -0.3 is 5.11 Å². The molecular formula is C11H24O. The molecule has 0 bridgehead atoms. The molecule has 12 heavy (non-hydrogen) atoms. The smallest absolute Gasteiger partial charge is 0.0695 e. The Hall–Kier alpha value is -0.0400. The Morgan fingerprint density at radius 1 is 1.17 bits per heavy atom. The second kappa shape index (κ2) is 3.78. The molecule has 0 saturated heterocycles. The summed E-state index contributed by atoms with van der Waals surface area (Å²) in [5.41, 5.74) is -0.529. The van der Waals surface area contributed by atoms with Crippen molar-refractivity contribution >= 4 is 0 Å². The van der Waals surface area contributed by atoms with Gasteiger partial charge in [0.05, 0.1) is 5.60 Å². The van der Waals surface area contributed by atoms with Gasteiger partial charge in [-0.1, -0.05) is 41.0 Å². The van der Waals surface area contributed by atoms with Crippen LogP contribution in [-0.2, 0) is 0 Å². The second-order valence-electron chi connectivity index (χ2n) is 4.69. The van der Waals surface area contributed by atoms with E-state index >= 15 is 0 Å². The van der Waals surface area contributed by atoms with Gasteiger partial charge in [-0.2, -0.15) is 0 Å². The van der Waals surface area contributed by atoms with Crippen LogP contribution >= 0.6 is 0 Å². The lowest BCUT2D eigenvalue weighted by Crippen LogP contribution is -2.46. The summed E-state index contributed by atoms with van der Waals surface area (Å²) in [5.74, 6) is 0.368. The van der Waals surface area contributed by atoms with Gasteiger partial charge in [-0.05, 0) is 24.7 Å². The summed E-state index contributed by atoms with van der Waals surface area (Å²) >= 11 is 0. The minimum atomic E-state index is -0.545. The van der Waals surface area contributed by atoms with Crippen molar-refractivity contribution in [3.63, 3.8) is 0 Å². The molecule has 0 aliphatic rings. The highest BCUT2D eigenvalue weighted by molar-refractivity contribution is 4.91. The van der Waals surface area contributed by atoms with Gasteiger partial charge in [0.1, 0.15) is 0 Å². The summed E-state index contributed by atoms with van der Waals surface area (Å²) in [5, 5.41) is 10.3. The van der Waals surface area contributed by atoms with Crippen molar-refractivity contribution in [1.29, 1.82) is 0 Å². The largest absolute Gasteiger partial charge is 0.389 e. The third-order valence-electron chi connectivity index (χ3n) is 3.83. The van der Waals surface area contributed by atoms with Gasteiger partial charge in [0.15, 0.2) is 0 Å². The molecule has 74 valence electrons. The van der Waals surface area contributed by atoms with Gasteiger partial charge in [-0.3, -0.25) is 0 Å². The van der Waals surface area contributed by atoms with Gasteiger partial charge >= 0.3 is 0 Å². The number of rotatable bonds is 4. The van der Waals surface area contributed by atoms with E-state index in [1.807, 2.05) is 6.92 Å². The first kappa shape index (κ1) is 12.0. The van der Waals surface area contributed by atoms with E-state index in [-0.39, 0.29) is 5.41 Å². The van der Waals surface area contributed by atoms with Gasteiger partial charge in [0.2, 0.25) is 0 Å². The van der Waals surface area contributed by atoms with E-state index in [4.69, 9.17) is 0 Å². The minimum absolute atomic E-state index is 0.0163. The van der Waals surface area contributed by atoms with Crippen molar-refractivity contribution in [2.24, 2.45) is 11.3 Å². The first-order valence-electron chi connectivity index (χ1n) is 5.02. The van der Waals surface area contributed by atoms with Crippen molar-refractivity contribution in [3.8, 4) is 0 Å². The molecule has 2 unspecified atom stereocenters. The van der Waals surface area contributed by atoms with E-state index in [1.165, 1.54) is 0 Å². The molecule has 1 heteroatoms. The third-order valence-corrected chi connectivity index (χ3v) is 3.83. The van der Waals surface area contributed by atoms with Gasteiger partial charge in [-0.25, -0.2) is 0 Å². The standard InChI is InChI=1S/C11H24O/c1-7-9(3)11(6,12)10(4,5)8-2/h9,12H,7-8H2,1-6H3. The highest BCUT2D eigenvalue weighted by Gasteiger charge is 2.41. The van der Waals surface area contributed by atoms with Crippen LogP contribution in [0.25, 0.3) is 0 Å². The molecule has 0 aliphatic carbocycles. The lowest BCUT2D eigenvalue weighted by atomic mass is 9.67. The predicted molar refractivity (Wildman–Crippen MR) is 54.2 cm³/mol. The van der Waals surface area contributed by atoms with E-state index in [9.17, 15) is 5.11 Å². The molecule has 0 aliphatic heterocycles. The first-order valence-corrected chi connectivity index (χ1v) is 5.02. The average molecular weight is 172 g/mol. The molecule has 0 heterocycles. The molecular weight excluding hydrogens is 148 g/mol. The summed E-state index contributed by atoms with van der Waals surface area (Å²) < 4.78 is 0. The maximum Gasteiger partial charge on any atom is 0.0695 e. The minimum Gasteiger partial charge on any atom is -0.389 e. The Labute approximate surface area is 77.2 Å². The quantitative estimate of drug-likeness (QED) is 0.690. The Morgan fingerprint density at radius 2 is 1.58 bits per heavy atom. The number of aliphatic hydroxyl groups is 1. The molecule has 0 rings (SSSR count). The van der Waals surface area contributed by atoms with E-state index in [2.05, 4.69) is 34.6 Å². The van der Waals surface area contributed by atoms with Crippen molar-refractivity contribution < 1.29 is 5.11 Å². The van der Waals surface area contributed by atoms with Crippen LogP contribution in [0.5, 0.6) is 0 Å². The van der Waals surface area contributed by atoms with Crippen molar-refractivity contribution in [3.05, 3.63) is 0 Å². The predicted octanol–water partition coefficient (Wildman–Crippen LogP) is 3.22. The van der Waals surface area contributed by atoms with Crippen LogP contribution in [0.2, 0.25) is 0 Å². The zero-order valence-corrected chi connectivity index (χ0v) is 9.44. The van der Waals surface area contributed by atoms with Crippen LogP contribution in [0.4, 0.5) is 0 Å². The van der Waals surface area contributed by atoms with Crippen molar-refractivity contribution in [2.45, 2.75) is 60.0 Å². The molecule has 1 nitrogen and oxygen atoms in total. The fraction of sp³-hybridized carbons (Fsp3) is 1.00. The van der Waals surface area contributed by atoms with Crippen LogP contribution in [-0.4, -0.2) is 10.7 Å². The Morgan fingerprint density at radius 3 is 1.83 bits per heavy atom. The fourth-order valence-corrected chi connectivity index (χ4v) is 1.42. The van der Waals surface area contributed by atoms with Gasteiger partial charge in [-0.15, -0.1) is 0 Å². The summed E-state index contributed by atoms with van der Waals surface area (Å²) in [6, 6.07) is 0. The molecule has 0 saturated carbocycles. The average Bonchev–Trinajstić information content (AvgIpc) is 2.02. The van der Waals surface area contributed by atoms with E-state index < -0.39 is 5.60 Å². The summed E-state index contributed by atoms with van der Waals surface area (Å²) in [4.78, 5) is 0. The SMILES string of the molecule is CCC(C)C(C)(O)C(C)(C)CC. The monoisotopic (exact) mass is 172 g/mol. The molecule has 2 atom stereocenters. The zero-order chi connectivity index (χ0) is 9.99. The Bertz CT molecular complexity index is 136. The fourth-order valence-electron chi connectivity index (χ4n) is 1.42. The summed E-state index contributed by atoms with van der Waals surface area (Å²) in [6.45, 7) is 12.6. The van der Waals surface area contributed by atoms with Gasteiger partial charge in [0, 0.05) is 0 Å². The number of hydrogen-bond acceptors (Lipinski definition) is 1. The Kier molecular flexibility index (Phi) is 3.77. The highest BCUT2D eigenvalue weighted by Crippen LogP contribution is 2.40. The molecule has 0 radical (unpaired) electrons. The molecule has 0 fully saturated rings. The molecule has 1 N–H and O–H groups in total. The van der Waals surface area contributed by atoms with E-state index in [1.54, 1.807) is 0 Å². The zero-order valence-electron chi connectivity index (χ0n) is 9.44. The lowest BCUT2D eigenvalue weighted by Gasteiger charge is -2.43. The molecule has 0 spiro atoms. The molecule has 0 aromatic carbocycles. The van der Waals surface area contributed by atoms with Crippen LogP contribution in [0.1, 0.15) is 54.4 Å². The normalized spacial score (nSPS) is 20.2. The maximum absolute atomic E-state index is 10.3. The van der Waals surface area contributed by atoms with Crippen LogP contribution in [0.3, 0.4) is 0 Å². The summed E-state index contributed by atoms with van der Waals surface area (Å²) in [6.07, 6.45) is 2.06. The molecule has 0 aromatic heterocycles. The van der Waals surface area contributed by atoms with Crippen molar-refractivity contribution in [2.75, 3.05) is 0 Å². The topological polar surface area (TPSA) is 20.2 Å². The summed E-state index contributed by atoms with van der Waals surface area (Å²) in [7, 11) is 0. The maximum atomic E-state index is 10.3. The Balaban J connectivity index is 4.58. The van der Waals surface area contributed by atoms with Crippen molar-refractivity contribution in [1.82, 2.24) is 0 Å². The van der Waals surface area contributed by atoms with E-state index in [0.717, 1.165) is 12.8 Å². The van der Waals surface area contributed by atoms with Crippen LogP contribution in [0.15, 0.2) is 0 Å². The van der Waals surface area contributed by atoms with E-state index in [0.29, 0.717) is 5.92 Å². The third kappa shape index (κ3) is 2.01. The first-order chi connectivity index (χ1) is 5.29. The lowest BCUT2D eigenvalue weighted by molar-refractivity contribution is -0.0949. The van der Waals surface area contributed by atoms with Crippen LogP contribution < -0.4 is 0 Å². The number of hydrogen-bond donors (Lipinski definition) is 1. The highest BCUT2D eigenvalue weighted by atomic mass is 16.3. The molecule has 0 aromatic rings. The molecule has 0 amide bonds. The second-order valence-corrected chi connectivity index (χ2v) is 4.69.